The molecule has 38 heavy (non-hydrogen) atoms. The number of rotatable bonds is 6. The topological polar surface area (TPSA) is 105 Å². The monoisotopic (exact) mass is 515 g/mol. The van der Waals surface area contributed by atoms with E-state index in [1.165, 1.54) is 0 Å². The smallest absolute Gasteiger partial charge is 0.342 e. The first-order valence-corrected chi connectivity index (χ1v) is 12.9. The first-order chi connectivity index (χ1) is 18.3. The molecule has 0 aliphatic carbocycles. The summed E-state index contributed by atoms with van der Waals surface area (Å²) in [6, 6.07) is 16.5. The average molecular weight is 516 g/mol. The van der Waals surface area contributed by atoms with Crippen LogP contribution >= 0.6 is 0 Å². The number of piperazine rings is 1. The van der Waals surface area contributed by atoms with Gasteiger partial charge in [-0.1, -0.05) is 55.5 Å². The molecule has 198 valence electrons. The van der Waals surface area contributed by atoms with Crippen molar-refractivity contribution in [2.75, 3.05) is 31.6 Å². The van der Waals surface area contributed by atoms with E-state index in [0.29, 0.717) is 36.7 Å². The number of nitrogens with one attached hydrogen (secondary N) is 1. The van der Waals surface area contributed by atoms with Crippen molar-refractivity contribution in [2.45, 2.75) is 40.2 Å². The van der Waals surface area contributed by atoms with E-state index in [-0.39, 0.29) is 35.8 Å². The van der Waals surface area contributed by atoms with E-state index in [4.69, 9.17) is 4.74 Å². The van der Waals surface area contributed by atoms with Crippen LogP contribution in [-0.2, 0) is 11.2 Å². The molecule has 0 bridgehead atoms. The first kappa shape index (κ1) is 26.8. The van der Waals surface area contributed by atoms with Crippen LogP contribution in [0.2, 0.25) is 0 Å². The molecule has 0 saturated carbocycles. The SMILES string of the molecule is CCOC(=O)c1c(C(=O)N2CCN(C(=O)Nc3ccccc3CC)C(C)C2)nc(C)nc1-c1ccccc1. The molecule has 1 fully saturated rings. The number of esters is 1. The van der Waals surface area contributed by atoms with Crippen LogP contribution < -0.4 is 5.32 Å². The molecule has 1 N–H and O–H groups in total. The van der Waals surface area contributed by atoms with Crippen LogP contribution in [0.15, 0.2) is 54.6 Å². The molecular formula is C29H33N5O4. The largest absolute Gasteiger partial charge is 0.462 e. The molecule has 2 aromatic carbocycles. The van der Waals surface area contributed by atoms with Gasteiger partial charge in [-0.2, -0.15) is 0 Å². The highest BCUT2D eigenvalue weighted by atomic mass is 16.5. The summed E-state index contributed by atoms with van der Waals surface area (Å²) in [5, 5.41) is 3.01. The van der Waals surface area contributed by atoms with E-state index in [1.807, 2.05) is 68.4 Å². The normalized spacial score (nSPS) is 15.2. The van der Waals surface area contributed by atoms with Gasteiger partial charge in [0.05, 0.1) is 12.3 Å². The molecule has 3 aromatic rings. The molecule has 1 atom stereocenters. The molecule has 1 saturated heterocycles. The van der Waals surface area contributed by atoms with E-state index >= 15 is 0 Å². The summed E-state index contributed by atoms with van der Waals surface area (Å²) >= 11 is 0. The highest BCUT2D eigenvalue weighted by Crippen LogP contribution is 2.26. The summed E-state index contributed by atoms with van der Waals surface area (Å²) in [7, 11) is 0. The van der Waals surface area contributed by atoms with Crippen LogP contribution in [-0.4, -0.2) is 70.0 Å². The number of urea groups is 1. The summed E-state index contributed by atoms with van der Waals surface area (Å²) < 4.78 is 5.30. The second-order valence-electron chi connectivity index (χ2n) is 9.16. The first-order valence-electron chi connectivity index (χ1n) is 12.9. The van der Waals surface area contributed by atoms with Crippen molar-refractivity contribution in [3.05, 3.63) is 77.2 Å². The lowest BCUT2D eigenvalue weighted by molar-refractivity contribution is 0.0505. The minimum atomic E-state index is -0.643. The van der Waals surface area contributed by atoms with Crippen molar-refractivity contribution in [1.29, 1.82) is 0 Å². The molecule has 2 heterocycles. The molecule has 9 heteroatoms. The van der Waals surface area contributed by atoms with Crippen LogP contribution in [0.5, 0.6) is 0 Å². The lowest BCUT2D eigenvalue weighted by atomic mass is 10.0. The van der Waals surface area contributed by atoms with Gasteiger partial charge in [-0.15, -0.1) is 0 Å². The molecule has 9 nitrogen and oxygen atoms in total. The Kier molecular flexibility index (Phi) is 8.35. The standard InChI is InChI=1S/C29H33N5O4/c1-5-21-12-10-11-15-23(21)32-29(37)34-17-16-33(18-19(34)3)27(35)26-24(28(36)38-6-2)25(30-20(4)31-26)22-13-8-7-9-14-22/h7-15,19H,5-6,16-18H2,1-4H3,(H,32,37). The van der Waals surface area contributed by atoms with Crippen LogP contribution in [0.25, 0.3) is 11.3 Å². The van der Waals surface area contributed by atoms with Gasteiger partial charge in [-0.3, -0.25) is 4.79 Å². The van der Waals surface area contributed by atoms with E-state index in [9.17, 15) is 14.4 Å². The predicted octanol–water partition coefficient (Wildman–Crippen LogP) is 4.57. The Labute approximate surface area is 222 Å². The number of carbonyl (C=O) groups excluding carboxylic acids is 3. The third-order valence-corrected chi connectivity index (χ3v) is 6.57. The quantitative estimate of drug-likeness (QED) is 0.482. The second kappa shape index (κ2) is 11.9. The minimum Gasteiger partial charge on any atom is -0.462 e. The highest BCUT2D eigenvalue weighted by molar-refractivity contribution is 6.07. The number of aromatic nitrogens is 2. The van der Waals surface area contributed by atoms with Crippen molar-refractivity contribution >= 4 is 23.6 Å². The molecule has 1 unspecified atom stereocenters. The van der Waals surface area contributed by atoms with Gasteiger partial charge >= 0.3 is 12.0 Å². The molecule has 4 rings (SSSR count). The fourth-order valence-corrected chi connectivity index (χ4v) is 4.66. The Balaban J connectivity index is 1.58. The van der Waals surface area contributed by atoms with Gasteiger partial charge in [-0.05, 0) is 38.8 Å². The number of ether oxygens (including phenoxy) is 1. The summed E-state index contributed by atoms with van der Waals surface area (Å²) in [5.41, 5.74) is 2.96. The molecule has 1 aliphatic rings. The van der Waals surface area contributed by atoms with E-state index in [0.717, 1.165) is 17.7 Å². The molecule has 3 amide bonds. The molecule has 0 radical (unpaired) electrons. The van der Waals surface area contributed by atoms with Gasteiger partial charge < -0.3 is 19.9 Å². The Hall–Kier alpha value is -4.27. The average Bonchev–Trinajstić information content (AvgIpc) is 2.92. The Morgan fingerprint density at radius 1 is 1.00 bits per heavy atom. The highest BCUT2D eigenvalue weighted by Gasteiger charge is 2.34. The van der Waals surface area contributed by atoms with E-state index in [1.54, 1.807) is 23.6 Å². The van der Waals surface area contributed by atoms with Gasteiger partial charge in [0.1, 0.15) is 17.1 Å². The number of benzene rings is 2. The number of para-hydroxylation sites is 1. The number of anilines is 1. The second-order valence-corrected chi connectivity index (χ2v) is 9.16. The fraction of sp³-hybridized carbons (Fsp3) is 0.345. The fourth-order valence-electron chi connectivity index (χ4n) is 4.66. The summed E-state index contributed by atoms with van der Waals surface area (Å²) in [6.45, 7) is 8.44. The van der Waals surface area contributed by atoms with Gasteiger partial charge in [0.25, 0.3) is 5.91 Å². The summed E-state index contributed by atoms with van der Waals surface area (Å²) in [6.07, 6.45) is 0.806. The van der Waals surface area contributed by atoms with Crippen LogP contribution in [0, 0.1) is 6.92 Å². The van der Waals surface area contributed by atoms with Crippen LogP contribution in [0.4, 0.5) is 10.5 Å². The number of carbonyl (C=O) groups is 3. The van der Waals surface area contributed by atoms with E-state index < -0.39 is 5.97 Å². The third kappa shape index (κ3) is 5.66. The number of hydrogen-bond donors (Lipinski definition) is 1. The molecule has 1 aliphatic heterocycles. The number of amides is 3. The predicted molar refractivity (Wildman–Crippen MR) is 145 cm³/mol. The molecule has 0 spiro atoms. The Morgan fingerprint density at radius 3 is 2.39 bits per heavy atom. The summed E-state index contributed by atoms with van der Waals surface area (Å²) in [4.78, 5) is 52.2. The lowest BCUT2D eigenvalue weighted by Gasteiger charge is -2.39. The van der Waals surface area contributed by atoms with Crippen molar-refractivity contribution in [3.8, 4) is 11.3 Å². The third-order valence-electron chi connectivity index (χ3n) is 6.57. The molecular weight excluding hydrogens is 482 g/mol. The minimum absolute atomic E-state index is 0.0109. The maximum Gasteiger partial charge on any atom is 0.342 e. The van der Waals surface area contributed by atoms with Crippen molar-refractivity contribution in [1.82, 2.24) is 19.8 Å². The van der Waals surface area contributed by atoms with Crippen molar-refractivity contribution in [2.24, 2.45) is 0 Å². The van der Waals surface area contributed by atoms with E-state index in [2.05, 4.69) is 15.3 Å². The van der Waals surface area contributed by atoms with Crippen molar-refractivity contribution < 1.29 is 19.1 Å². The zero-order valence-corrected chi connectivity index (χ0v) is 22.2. The van der Waals surface area contributed by atoms with Gasteiger partial charge in [-0.25, -0.2) is 19.6 Å². The lowest BCUT2D eigenvalue weighted by Crippen LogP contribution is -2.56. The Morgan fingerprint density at radius 2 is 1.71 bits per heavy atom. The van der Waals surface area contributed by atoms with Gasteiger partial charge in [0.2, 0.25) is 0 Å². The number of hydrogen-bond acceptors (Lipinski definition) is 6. The van der Waals surface area contributed by atoms with Crippen LogP contribution in [0.3, 0.4) is 0 Å². The zero-order valence-electron chi connectivity index (χ0n) is 22.2. The number of aryl methyl sites for hydroxylation is 2. The van der Waals surface area contributed by atoms with Gasteiger partial charge in [0, 0.05) is 36.9 Å². The number of nitrogens with zero attached hydrogens (tertiary/aromatic N) is 4. The van der Waals surface area contributed by atoms with Crippen molar-refractivity contribution in [3.63, 3.8) is 0 Å². The summed E-state index contributed by atoms with van der Waals surface area (Å²) in [5.74, 6) is -0.657. The molecule has 1 aromatic heterocycles. The maximum absolute atomic E-state index is 13.8. The van der Waals surface area contributed by atoms with Crippen LogP contribution in [0.1, 0.15) is 53.0 Å². The van der Waals surface area contributed by atoms with Gasteiger partial charge in [0.15, 0.2) is 0 Å². The Bertz CT molecular complexity index is 1330. The zero-order chi connectivity index (χ0) is 27.2. The maximum atomic E-state index is 13.8.